The highest BCUT2D eigenvalue weighted by atomic mass is 16.6. The second-order valence-electron chi connectivity index (χ2n) is 5.56. The van der Waals surface area contributed by atoms with Gasteiger partial charge in [-0.05, 0) is 32.3 Å². The fourth-order valence-electron chi connectivity index (χ4n) is 3.54. The Morgan fingerprint density at radius 1 is 1.32 bits per heavy atom. The third-order valence-corrected chi connectivity index (χ3v) is 4.65. The van der Waals surface area contributed by atoms with Gasteiger partial charge in [0, 0.05) is 12.1 Å². The van der Waals surface area contributed by atoms with Gasteiger partial charge >= 0.3 is 6.09 Å². The van der Waals surface area contributed by atoms with E-state index in [-0.39, 0.29) is 11.6 Å². The molecule has 19 heavy (non-hydrogen) atoms. The minimum Gasteiger partial charge on any atom is -0.431 e. The predicted octanol–water partition coefficient (Wildman–Crippen LogP) is 3.46. The first kappa shape index (κ1) is 12.3. The first-order valence-corrected chi connectivity index (χ1v) is 6.84. The van der Waals surface area contributed by atoms with Gasteiger partial charge in [-0.15, -0.1) is 0 Å². The van der Waals surface area contributed by atoms with E-state index in [1.54, 1.807) is 6.08 Å². The van der Waals surface area contributed by atoms with Gasteiger partial charge in [0.1, 0.15) is 0 Å². The van der Waals surface area contributed by atoms with Crippen molar-refractivity contribution in [3.05, 3.63) is 48.6 Å². The fourth-order valence-corrected chi connectivity index (χ4v) is 3.54. The number of fused-ring (bicyclic) bond motifs is 1. The van der Waals surface area contributed by atoms with Gasteiger partial charge in [0.25, 0.3) is 0 Å². The summed E-state index contributed by atoms with van der Waals surface area (Å²) in [5.74, 6) is 0. The maximum atomic E-state index is 12.2. The van der Waals surface area contributed by atoms with Gasteiger partial charge in [-0.2, -0.15) is 0 Å². The van der Waals surface area contributed by atoms with Gasteiger partial charge in [-0.1, -0.05) is 36.9 Å². The van der Waals surface area contributed by atoms with E-state index in [0.29, 0.717) is 0 Å². The molecule has 3 nitrogen and oxygen atoms in total. The quantitative estimate of drug-likeness (QED) is 0.759. The zero-order valence-electron chi connectivity index (χ0n) is 11.3. The van der Waals surface area contributed by atoms with Crippen molar-refractivity contribution >= 4 is 6.09 Å². The van der Waals surface area contributed by atoms with E-state index in [0.717, 1.165) is 31.4 Å². The van der Waals surface area contributed by atoms with Crippen LogP contribution < -0.4 is 0 Å². The lowest BCUT2D eigenvalue weighted by Crippen LogP contribution is -2.55. The number of rotatable bonds is 2. The Bertz CT molecular complexity index is 513. The van der Waals surface area contributed by atoms with Crippen molar-refractivity contribution in [2.24, 2.45) is 0 Å². The van der Waals surface area contributed by atoms with E-state index in [9.17, 15) is 4.79 Å². The van der Waals surface area contributed by atoms with E-state index in [4.69, 9.17) is 4.74 Å². The summed E-state index contributed by atoms with van der Waals surface area (Å²) in [6.45, 7) is 6.85. The molecular formula is C16H19NO2. The van der Waals surface area contributed by atoms with Crippen LogP contribution in [0.25, 0.3) is 0 Å². The molecule has 100 valence electrons. The number of hydrogen-bond acceptors (Lipinski definition) is 2. The first-order chi connectivity index (χ1) is 9.14. The van der Waals surface area contributed by atoms with Crippen molar-refractivity contribution in [2.75, 3.05) is 6.54 Å². The average molecular weight is 257 g/mol. The van der Waals surface area contributed by atoms with E-state index < -0.39 is 5.60 Å². The van der Waals surface area contributed by atoms with Crippen molar-refractivity contribution in [1.82, 2.24) is 4.90 Å². The molecule has 3 heteroatoms. The molecule has 0 aliphatic carbocycles. The van der Waals surface area contributed by atoms with Crippen LogP contribution in [0.4, 0.5) is 4.79 Å². The molecule has 0 saturated carbocycles. The lowest BCUT2D eigenvalue weighted by atomic mass is 9.71. The zero-order chi connectivity index (χ0) is 13.5. The van der Waals surface area contributed by atoms with Crippen molar-refractivity contribution in [3.63, 3.8) is 0 Å². The topological polar surface area (TPSA) is 29.5 Å². The number of benzene rings is 1. The third kappa shape index (κ3) is 1.47. The second-order valence-corrected chi connectivity index (χ2v) is 5.56. The van der Waals surface area contributed by atoms with E-state index >= 15 is 0 Å². The summed E-state index contributed by atoms with van der Waals surface area (Å²) in [5, 5.41) is 0. The predicted molar refractivity (Wildman–Crippen MR) is 73.8 cm³/mol. The Morgan fingerprint density at radius 3 is 2.74 bits per heavy atom. The molecule has 1 aromatic rings. The Morgan fingerprint density at radius 2 is 2.05 bits per heavy atom. The second kappa shape index (κ2) is 4.12. The number of carbonyl (C=O) groups is 1. The molecule has 3 rings (SSSR count). The van der Waals surface area contributed by atoms with Crippen LogP contribution in [0.3, 0.4) is 0 Å². The smallest absolute Gasteiger partial charge is 0.411 e. The summed E-state index contributed by atoms with van der Waals surface area (Å²) in [6, 6.07) is 9.95. The maximum absolute atomic E-state index is 12.2. The van der Waals surface area contributed by atoms with Crippen LogP contribution in [-0.2, 0) is 10.3 Å². The normalized spacial score (nSPS) is 33.7. The van der Waals surface area contributed by atoms with Crippen molar-refractivity contribution in [2.45, 2.75) is 37.3 Å². The largest absolute Gasteiger partial charge is 0.431 e. The standard InChI is InChI=1S/C16H19NO2/c1-3-16(13-9-5-4-6-10-13)15(2)11-7-8-12-17(15)14(18)19-16/h3-6,9-10H,1,7-8,11-12H2,2H3/t15-,16+/m0/s1. The highest BCUT2D eigenvalue weighted by molar-refractivity contribution is 5.74. The van der Waals surface area contributed by atoms with Crippen molar-refractivity contribution in [1.29, 1.82) is 0 Å². The van der Waals surface area contributed by atoms with Crippen LogP contribution in [0.15, 0.2) is 43.0 Å². The number of ether oxygens (including phenoxy) is 1. The first-order valence-electron chi connectivity index (χ1n) is 6.84. The van der Waals surface area contributed by atoms with Crippen LogP contribution in [0.5, 0.6) is 0 Å². The van der Waals surface area contributed by atoms with Gasteiger partial charge in [-0.3, -0.25) is 4.90 Å². The van der Waals surface area contributed by atoms with Crippen molar-refractivity contribution < 1.29 is 9.53 Å². The fraction of sp³-hybridized carbons (Fsp3) is 0.438. The summed E-state index contributed by atoms with van der Waals surface area (Å²) in [4.78, 5) is 14.1. The van der Waals surface area contributed by atoms with Gasteiger partial charge in [0.05, 0.1) is 5.54 Å². The van der Waals surface area contributed by atoms with Gasteiger partial charge in [0.2, 0.25) is 0 Å². The highest BCUT2D eigenvalue weighted by Crippen LogP contribution is 2.51. The molecule has 2 fully saturated rings. The molecule has 2 atom stereocenters. The molecule has 1 aromatic carbocycles. The number of nitrogens with zero attached hydrogens (tertiary/aromatic N) is 1. The number of amides is 1. The third-order valence-electron chi connectivity index (χ3n) is 4.65. The van der Waals surface area contributed by atoms with Gasteiger partial charge in [-0.25, -0.2) is 4.79 Å². The Labute approximate surface area is 113 Å². The maximum Gasteiger partial charge on any atom is 0.411 e. The van der Waals surface area contributed by atoms with E-state index in [1.807, 2.05) is 35.2 Å². The van der Waals surface area contributed by atoms with E-state index in [1.165, 1.54) is 0 Å². The molecule has 0 bridgehead atoms. The SMILES string of the molecule is C=C[C@]1(c2ccccc2)OC(=O)N2CCCC[C@]21C. The van der Waals surface area contributed by atoms with E-state index in [2.05, 4.69) is 13.5 Å². The molecular weight excluding hydrogens is 238 g/mol. The summed E-state index contributed by atoms with van der Waals surface area (Å²) >= 11 is 0. The Kier molecular flexibility index (Phi) is 2.66. The lowest BCUT2D eigenvalue weighted by Gasteiger charge is -2.45. The molecule has 2 saturated heterocycles. The molecule has 1 amide bonds. The van der Waals surface area contributed by atoms with Crippen LogP contribution in [0.1, 0.15) is 31.7 Å². The average Bonchev–Trinajstić information content (AvgIpc) is 2.68. The van der Waals surface area contributed by atoms with Crippen LogP contribution >= 0.6 is 0 Å². The Hall–Kier alpha value is -1.77. The van der Waals surface area contributed by atoms with Crippen molar-refractivity contribution in [3.8, 4) is 0 Å². The monoisotopic (exact) mass is 257 g/mol. The molecule has 2 aliphatic heterocycles. The van der Waals surface area contributed by atoms with Crippen LogP contribution in [-0.4, -0.2) is 23.1 Å². The molecule has 0 aromatic heterocycles. The van der Waals surface area contributed by atoms with Crippen LogP contribution in [0, 0.1) is 0 Å². The molecule has 0 spiro atoms. The van der Waals surface area contributed by atoms with Gasteiger partial charge in [0.15, 0.2) is 5.60 Å². The minimum atomic E-state index is -0.730. The van der Waals surface area contributed by atoms with Crippen LogP contribution in [0.2, 0.25) is 0 Å². The number of cyclic esters (lactones) is 1. The minimum absolute atomic E-state index is 0.217. The number of piperidine rings is 1. The molecule has 2 heterocycles. The summed E-state index contributed by atoms with van der Waals surface area (Å²) < 4.78 is 5.80. The summed E-state index contributed by atoms with van der Waals surface area (Å²) in [7, 11) is 0. The molecule has 0 N–H and O–H groups in total. The van der Waals surface area contributed by atoms with Gasteiger partial charge < -0.3 is 4.74 Å². The molecule has 0 unspecified atom stereocenters. The Balaban J connectivity index is 2.16. The summed E-state index contributed by atoms with van der Waals surface area (Å²) in [5.41, 5.74) is -0.0535. The summed E-state index contributed by atoms with van der Waals surface area (Å²) in [6.07, 6.45) is 4.69. The molecule has 2 aliphatic rings. The molecule has 0 radical (unpaired) electrons. The number of hydrogen-bond donors (Lipinski definition) is 0. The highest BCUT2D eigenvalue weighted by Gasteiger charge is 2.62. The zero-order valence-corrected chi connectivity index (χ0v) is 11.3. The number of carbonyl (C=O) groups excluding carboxylic acids is 1. The lowest BCUT2D eigenvalue weighted by molar-refractivity contribution is 0.0157.